The molecule has 3 fully saturated rings. The van der Waals surface area contributed by atoms with Crippen LogP contribution in [0.2, 0.25) is 0 Å². The lowest BCUT2D eigenvalue weighted by molar-refractivity contribution is -0.233. The zero-order chi connectivity index (χ0) is 19.5. The van der Waals surface area contributed by atoms with E-state index in [0.29, 0.717) is 34.3 Å². The number of rotatable bonds is 5. The van der Waals surface area contributed by atoms with E-state index < -0.39 is 12.2 Å². The summed E-state index contributed by atoms with van der Waals surface area (Å²) in [7, 11) is 0. The van der Waals surface area contributed by atoms with Gasteiger partial charge in [-0.3, -0.25) is 0 Å². The summed E-state index contributed by atoms with van der Waals surface area (Å²) in [5.41, 5.74) is 1.20. The van der Waals surface area contributed by atoms with Gasteiger partial charge in [0, 0.05) is 36.8 Å². The molecule has 3 saturated heterocycles. The van der Waals surface area contributed by atoms with Crippen LogP contribution in [0.5, 0.6) is 5.75 Å². The Hall–Kier alpha value is -2.30. The second-order valence-electron chi connectivity index (χ2n) is 7.16. The van der Waals surface area contributed by atoms with Crippen molar-refractivity contribution in [1.82, 2.24) is 15.3 Å². The summed E-state index contributed by atoms with van der Waals surface area (Å²) in [6.07, 6.45) is -2.92. The monoisotopic (exact) mass is 408 g/mol. The first-order valence-electron chi connectivity index (χ1n) is 9.00. The third-order valence-corrected chi connectivity index (χ3v) is 5.89. The van der Waals surface area contributed by atoms with Crippen molar-refractivity contribution in [3.63, 3.8) is 0 Å². The first-order chi connectivity index (χ1) is 13.4. The molecule has 2 unspecified atom stereocenters. The highest BCUT2D eigenvalue weighted by molar-refractivity contribution is 7.13. The maximum atomic E-state index is 14.0. The minimum Gasteiger partial charge on any atom is -0.428 e. The Morgan fingerprint density at radius 3 is 2.79 bits per heavy atom. The molecule has 6 rings (SSSR count). The van der Waals surface area contributed by atoms with Gasteiger partial charge in [0.1, 0.15) is 5.01 Å². The molecule has 2 bridgehead atoms. The molecule has 148 valence electrons. The maximum absolute atomic E-state index is 14.0. The number of anilines is 1. The number of thiazole rings is 1. The zero-order valence-corrected chi connectivity index (χ0v) is 15.7. The Kier molecular flexibility index (Phi) is 4.04. The van der Waals surface area contributed by atoms with E-state index in [-0.39, 0.29) is 11.3 Å². The average molecular weight is 408 g/mol. The highest BCUT2D eigenvalue weighted by atomic mass is 32.1. The molecule has 0 amide bonds. The van der Waals surface area contributed by atoms with E-state index in [1.54, 1.807) is 12.3 Å². The summed E-state index contributed by atoms with van der Waals surface area (Å²) in [6, 6.07) is 4.20. The fourth-order valence-electron chi connectivity index (χ4n) is 3.62. The molecule has 3 aromatic rings. The predicted molar refractivity (Wildman–Crippen MR) is 99.9 cm³/mol. The first kappa shape index (κ1) is 17.8. The maximum Gasteiger partial charge on any atom is 0.424 e. The highest BCUT2D eigenvalue weighted by Crippen LogP contribution is 2.40. The van der Waals surface area contributed by atoms with Crippen LogP contribution < -0.4 is 15.0 Å². The van der Waals surface area contributed by atoms with Crippen LogP contribution in [0.4, 0.5) is 14.8 Å². The van der Waals surface area contributed by atoms with Gasteiger partial charge in [-0.25, -0.2) is 4.98 Å². The quantitative estimate of drug-likeness (QED) is 0.672. The van der Waals surface area contributed by atoms with Crippen LogP contribution in [0, 0.1) is 0 Å². The molecule has 0 radical (unpaired) electrons. The third kappa shape index (κ3) is 2.92. The van der Waals surface area contributed by atoms with Crippen molar-refractivity contribution in [2.24, 2.45) is 0 Å². The molecule has 0 saturated carbocycles. The molecule has 0 aliphatic carbocycles. The van der Waals surface area contributed by atoms with Gasteiger partial charge >= 0.3 is 6.11 Å². The largest absolute Gasteiger partial charge is 0.428 e. The Bertz CT molecular complexity index is 992. The van der Waals surface area contributed by atoms with Gasteiger partial charge < -0.3 is 24.5 Å². The Balaban J connectivity index is 1.60. The molecule has 3 atom stereocenters. The number of piperazine rings is 1. The number of nitrogens with zero attached hydrogens (tertiary/aromatic N) is 3. The van der Waals surface area contributed by atoms with Gasteiger partial charge in [0.05, 0.1) is 5.56 Å². The van der Waals surface area contributed by atoms with Crippen LogP contribution in [0.25, 0.3) is 21.7 Å². The van der Waals surface area contributed by atoms with Crippen molar-refractivity contribution in [3.8, 4) is 16.3 Å². The van der Waals surface area contributed by atoms with Gasteiger partial charge in [-0.2, -0.15) is 13.8 Å². The number of nitrogens with one attached hydrogen (secondary N) is 1. The fourth-order valence-corrected chi connectivity index (χ4v) is 4.28. The summed E-state index contributed by atoms with van der Waals surface area (Å²) in [4.78, 5) is 10.8. The zero-order valence-electron chi connectivity index (χ0n) is 14.9. The number of benzene rings is 1. The Morgan fingerprint density at radius 1 is 1.39 bits per heavy atom. The number of aliphatic hydroxyl groups is 1. The summed E-state index contributed by atoms with van der Waals surface area (Å²) < 4.78 is 38.8. The van der Waals surface area contributed by atoms with E-state index in [9.17, 15) is 13.9 Å². The Labute approximate surface area is 163 Å². The van der Waals surface area contributed by atoms with Crippen LogP contribution in [-0.4, -0.2) is 52.5 Å². The molecule has 5 heterocycles. The lowest BCUT2D eigenvalue weighted by Crippen LogP contribution is -2.67. The molecular formula is C18H18F2N4O3S. The molecule has 7 nitrogen and oxygen atoms in total. The number of aromatic nitrogens is 2. The molecular weight excluding hydrogens is 390 g/mol. The summed E-state index contributed by atoms with van der Waals surface area (Å²) in [5.74, 6) is -0.142. The molecule has 3 aliphatic heterocycles. The molecule has 2 aromatic heterocycles. The van der Waals surface area contributed by atoms with Crippen LogP contribution >= 0.6 is 11.3 Å². The molecule has 2 N–H and O–H groups in total. The summed E-state index contributed by atoms with van der Waals surface area (Å²) in [6.45, 7) is 2.47. The van der Waals surface area contributed by atoms with Crippen molar-refractivity contribution < 1.29 is 23.0 Å². The van der Waals surface area contributed by atoms with Crippen molar-refractivity contribution >= 4 is 28.5 Å². The topological polar surface area (TPSA) is 83.7 Å². The molecule has 10 heteroatoms. The minimum absolute atomic E-state index is 0.142. The number of ether oxygens (including phenoxy) is 1. The van der Waals surface area contributed by atoms with Gasteiger partial charge in [0.2, 0.25) is 0 Å². The standard InChI is InChI=1S/C18H18F2N4O3S/c1-9(25)18(19,20)27-13-3-2-12(16-21-4-5-28-16)15-14(13)23-17(26-15)24-7-10-6-11(8-24)22-10/h2-5,9-11,22,25H,6-8H2,1H3/t9-,10?,11?/m1/s1. The SMILES string of the molecule is C[C@@H](O)C(F)(F)Oc1ccc(-c2nccs2)c2oc(N3CC4CC(C3)N4)nc12. The summed E-state index contributed by atoms with van der Waals surface area (Å²) >= 11 is 1.42. The number of halogens is 2. The van der Waals surface area contributed by atoms with Crippen molar-refractivity contribution in [2.45, 2.75) is 37.6 Å². The van der Waals surface area contributed by atoms with Gasteiger partial charge in [-0.1, -0.05) is 0 Å². The van der Waals surface area contributed by atoms with Crippen molar-refractivity contribution in [3.05, 3.63) is 23.7 Å². The first-order valence-corrected chi connectivity index (χ1v) is 9.88. The predicted octanol–water partition coefficient (Wildman–Crippen LogP) is 2.85. The lowest BCUT2D eigenvalue weighted by atomic mass is 9.92. The van der Waals surface area contributed by atoms with Gasteiger partial charge in [-0.05, 0) is 25.5 Å². The van der Waals surface area contributed by atoms with Gasteiger partial charge in [0.25, 0.3) is 6.01 Å². The number of alkyl halides is 2. The van der Waals surface area contributed by atoms with E-state index in [4.69, 9.17) is 9.15 Å². The van der Waals surface area contributed by atoms with E-state index in [0.717, 1.165) is 26.4 Å². The average Bonchev–Trinajstić information content (AvgIpc) is 3.31. The van der Waals surface area contributed by atoms with Crippen molar-refractivity contribution in [2.75, 3.05) is 18.0 Å². The lowest BCUT2D eigenvalue weighted by Gasteiger charge is -2.47. The van der Waals surface area contributed by atoms with E-state index in [1.165, 1.54) is 17.4 Å². The molecule has 0 spiro atoms. The van der Waals surface area contributed by atoms with E-state index >= 15 is 0 Å². The number of aliphatic hydroxyl groups excluding tert-OH is 1. The minimum atomic E-state index is -3.74. The van der Waals surface area contributed by atoms with Gasteiger partial charge in [0.15, 0.2) is 23.0 Å². The fraction of sp³-hybridized carbons (Fsp3) is 0.444. The summed E-state index contributed by atoms with van der Waals surface area (Å²) in [5, 5.41) is 15.3. The van der Waals surface area contributed by atoms with Gasteiger partial charge in [-0.15, -0.1) is 11.3 Å². The highest BCUT2D eigenvalue weighted by Gasteiger charge is 2.40. The van der Waals surface area contributed by atoms with Crippen LogP contribution in [0.3, 0.4) is 0 Å². The van der Waals surface area contributed by atoms with Crippen LogP contribution in [0.15, 0.2) is 28.1 Å². The van der Waals surface area contributed by atoms with E-state index in [2.05, 4.69) is 15.3 Å². The molecule has 1 aromatic carbocycles. The van der Waals surface area contributed by atoms with Crippen LogP contribution in [-0.2, 0) is 0 Å². The van der Waals surface area contributed by atoms with E-state index in [1.807, 2.05) is 10.3 Å². The number of hydrogen-bond acceptors (Lipinski definition) is 8. The smallest absolute Gasteiger partial charge is 0.424 e. The molecule has 28 heavy (non-hydrogen) atoms. The second kappa shape index (κ2) is 6.36. The molecule has 3 aliphatic rings. The number of piperidine rings is 1. The normalized spacial score (nSPS) is 22.9. The van der Waals surface area contributed by atoms with Crippen molar-refractivity contribution in [1.29, 1.82) is 0 Å². The third-order valence-electron chi connectivity index (χ3n) is 5.08. The number of hydrogen-bond donors (Lipinski definition) is 2. The Morgan fingerprint density at radius 2 is 2.14 bits per heavy atom. The second-order valence-corrected chi connectivity index (χ2v) is 8.06. The van der Waals surface area contributed by atoms with Crippen LogP contribution in [0.1, 0.15) is 13.3 Å². The number of oxazole rings is 1. The number of fused-ring (bicyclic) bond motifs is 3.